The molecule has 1 aromatic carbocycles. The third-order valence-corrected chi connectivity index (χ3v) is 4.83. The fraction of sp³-hybridized carbons (Fsp3) is 0.231. The van der Waals surface area contributed by atoms with Gasteiger partial charge in [-0.05, 0) is 33.6 Å². The molecule has 2 aromatic rings. The van der Waals surface area contributed by atoms with E-state index < -0.39 is 0 Å². The molecule has 20 heavy (non-hydrogen) atoms. The molecule has 1 amide bonds. The number of fused-ring (bicyclic) bond motifs is 1. The molecular weight excluding hydrogens is 342 g/mol. The number of nitrogens with one attached hydrogen (secondary N) is 1. The normalized spacial score (nSPS) is 17.5. The van der Waals surface area contributed by atoms with Crippen LogP contribution in [0.4, 0.5) is 10.9 Å². The summed E-state index contributed by atoms with van der Waals surface area (Å²) in [6, 6.07) is 5.82. The summed E-state index contributed by atoms with van der Waals surface area (Å²) in [7, 11) is 1.62. The van der Waals surface area contributed by atoms with Crippen molar-refractivity contribution >= 4 is 44.1 Å². The van der Waals surface area contributed by atoms with Gasteiger partial charge in [0.25, 0.3) is 0 Å². The predicted octanol–water partition coefficient (Wildman–Crippen LogP) is 2.97. The van der Waals surface area contributed by atoms with Crippen molar-refractivity contribution in [3.05, 3.63) is 33.1 Å². The standard InChI is InChI=1S/C13H12BrN3O2S/c1-19-9-3-2-6(4-8(9)14)7-5-10(18)16-12-11(7)20-13(15)17-12/h2-4,7H,5H2,1H3,(H2,15,17)(H,16,18)/t7-/m0/s1. The largest absolute Gasteiger partial charge is 0.496 e. The van der Waals surface area contributed by atoms with Gasteiger partial charge in [0.1, 0.15) is 11.6 Å². The third-order valence-electron chi connectivity index (χ3n) is 3.21. The first-order valence-electron chi connectivity index (χ1n) is 5.98. The molecule has 104 valence electrons. The summed E-state index contributed by atoms with van der Waals surface area (Å²) in [4.78, 5) is 17.0. The Morgan fingerprint density at radius 3 is 3.05 bits per heavy atom. The van der Waals surface area contributed by atoms with E-state index in [0.717, 1.165) is 20.7 Å². The van der Waals surface area contributed by atoms with Crippen molar-refractivity contribution in [2.75, 3.05) is 18.2 Å². The number of rotatable bonds is 2. The first-order chi connectivity index (χ1) is 9.58. The van der Waals surface area contributed by atoms with Crippen LogP contribution in [0.5, 0.6) is 5.75 Å². The van der Waals surface area contributed by atoms with Crippen molar-refractivity contribution in [3.8, 4) is 5.75 Å². The molecular formula is C13H12BrN3O2S. The number of anilines is 2. The Labute approximate surface area is 128 Å². The van der Waals surface area contributed by atoms with Crippen molar-refractivity contribution < 1.29 is 9.53 Å². The number of aromatic nitrogens is 1. The monoisotopic (exact) mass is 353 g/mol. The number of carbonyl (C=O) groups is 1. The van der Waals surface area contributed by atoms with Gasteiger partial charge in [-0.15, -0.1) is 0 Å². The second-order valence-electron chi connectivity index (χ2n) is 4.46. The van der Waals surface area contributed by atoms with Crippen molar-refractivity contribution in [2.45, 2.75) is 12.3 Å². The molecule has 0 fully saturated rings. The number of carbonyl (C=O) groups excluding carboxylic acids is 1. The number of nitrogens with two attached hydrogens (primary N) is 1. The van der Waals surface area contributed by atoms with Gasteiger partial charge in [0.2, 0.25) is 5.91 Å². The third kappa shape index (κ3) is 2.27. The molecule has 2 heterocycles. The van der Waals surface area contributed by atoms with E-state index in [2.05, 4.69) is 26.2 Å². The zero-order chi connectivity index (χ0) is 14.3. The zero-order valence-corrected chi connectivity index (χ0v) is 13.0. The topological polar surface area (TPSA) is 77.2 Å². The number of nitrogens with zero attached hydrogens (tertiary/aromatic N) is 1. The van der Waals surface area contributed by atoms with E-state index in [1.54, 1.807) is 7.11 Å². The van der Waals surface area contributed by atoms with Crippen LogP contribution < -0.4 is 15.8 Å². The predicted molar refractivity (Wildman–Crippen MR) is 82.3 cm³/mol. The molecule has 5 nitrogen and oxygen atoms in total. The van der Waals surface area contributed by atoms with E-state index in [9.17, 15) is 4.79 Å². The SMILES string of the molecule is COc1ccc([C@@H]2CC(=O)Nc3nc(N)sc32)cc1Br. The van der Waals surface area contributed by atoms with Crippen LogP contribution in [0.1, 0.15) is 22.8 Å². The highest BCUT2D eigenvalue weighted by Gasteiger charge is 2.30. The minimum Gasteiger partial charge on any atom is -0.496 e. The average molecular weight is 354 g/mol. The molecule has 0 aliphatic carbocycles. The number of amides is 1. The van der Waals surface area contributed by atoms with E-state index in [0.29, 0.717) is 17.4 Å². The molecule has 1 aromatic heterocycles. The molecule has 1 atom stereocenters. The minimum absolute atomic E-state index is 0.0178. The molecule has 0 saturated carbocycles. The van der Waals surface area contributed by atoms with Gasteiger partial charge in [-0.3, -0.25) is 4.79 Å². The van der Waals surface area contributed by atoms with Gasteiger partial charge in [-0.1, -0.05) is 17.4 Å². The van der Waals surface area contributed by atoms with Gasteiger partial charge in [0.15, 0.2) is 5.13 Å². The summed E-state index contributed by atoms with van der Waals surface area (Å²) in [5, 5.41) is 3.23. The highest BCUT2D eigenvalue weighted by Crippen LogP contribution is 2.42. The summed E-state index contributed by atoms with van der Waals surface area (Å²) in [6.45, 7) is 0. The number of thiazole rings is 1. The highest BCUT2D eigenvalue weighted by molar-refractivity contribution is 9.10. The lowest BCUT2D eigenvalue weighted by Gasteiger charge is -2.22. The smallest absolute Gasteiger partial charge is 0.226 e. The molecule has 0 spiro atoms. The highest BCUT2D eigenvalue weighted by atomic mass is 79.9. The summed E-state index contributed by atoms with van der Waals surface area (Å²) >= 11 is 4.89. The van der Waals surface area contributed by atoms with Crippen LogP contribution in [0.15, 0.2) is 22.7 Å². The minimum atomic E-state index is -0.0419. The van der Waals surface area contributed by atoms with Crippen molar-refractivity contribution in [3.63, 3.8) is 0 Å². The summed E-state index contributed by atoms with van der Waals surface area (Å²) in [6.07, 6.45) is 0.396. The van der Waals surface area contributed by atoms with Gasteiger partial charge in [0, 0.05) is 12.3 Å². The van der Waals surface area contributed by atoms with Crippen LogP contribution in [-0.2, 0) is 4.79 Å². The maximum absolute atomic E-state index is 11.8. The van der Waals surface area contributed by atoms with Crippen LogP contribution in [-0.4, -0.2) is 18.0 Å². The lowest BCUT2D eigenvalue weighted by Crippen LogP contribution is -2.22. The molecule has 0 bridgehead atoms. The maximum atomic E-state index is 11.8. The molecule has 3 N–H and O–H groups in total. The number of hydrogen-bond donors (Lipinski definition) is 2. The van der Waals surface area contributed by atoms with Crippen LogP contribution >= 0.6 is 27.3 Å². The fourth-order valence-corrected chi connectivity index (χ4v) is 3.78. The van der Waals surface area contributed by atoms with Crippen molar-refractivity contribution in [1.29, 1.82) is 0 Å². The van der Waals surface area contributed by atoms with Gasteiger partial charge in [-0.25, -0.2) is 4.98 Å². The number of benzene rings is 1. The number of ether oxygens (including phenoxy) is 1. The number of nitrogen functional groups attached to an aromatic ring is 1. The number of halogens is 1. The summed E-state index contributed by atoms with van der Waals surface area (Å²) < 4.78 is 6.09. The molecule has 0 unspecified atom stereocenters. The van der Waals surface area contributed by atoms with Gasteiger partial charge in [0.05, 0.1) is 16.5 Å². The number of hydrogen-bond acceptors (Lipinski definition) is 5. The van der Waals surface area contributed by atoms with Crippen LogP contribution in [0.3, 0.4) is 0 Å². The van der Waals surface area contributed by atoms with Gasteiger partial charge >= 0.3 is 0 Å². The Hall–Kier alpha value is -1.60. The lowest BCUT2D eigenvalue weighted by atomic mass is 9.91. The lowest BCUT2D eigenvalue weighted by molar-refractivity contribution is -0.116. The van der Waals surface area contributed by atoms with Crippen molar-refractivity contribution in [1.82, 2.24) is 4.98 Å². The average Bonchev–Trinajstić information content (AvgIpc) is 2.77. The molecule has 7 heteroatoms. The Bertz CT molecular complexity index is 686. The second kappa shape index (κ2) is 5.06. The summed E-state index contributed by atoms with van der Waals surface area (Å²) in [5.74, 6) is 1.29. The molecule has 0 saturated heterocycles. The van der Waals surface area contributed by atoms with E-state index in [4.69, 9.17) is 10.5 Å². The quantitative estimate of drug-likeness (QED) is 0.869. The van der Waals surface area contributed by atoms with Crippen LogP contribution in [0.2, 0.25) is 0 Å². The van der Waals surface area contributed by atoms with Gasteiger partial charge < -0.3 is 15.8 Å². The Balaban J connectivity index is 2.05. The zero-order valence-electron chi connectivity index (χ0n) is 10.6. The van der Waals surface area contributed by atoms with E-state index >= 15 is 0 Å². The van der Waals surface area contributed by atoms with Crippen LogP contribution in [0, 0.1) is 0 Å². The Kier molecular flexibility index (Phi) is 3.39. The van der Waals surface area contributed by atoms with E-state index in [-0.39, 0.29) is 11.8 Å². The van der Waals surface area contributed by atoms with Gasteiger partial charge in [-0.2, -0.15) is 0 Å². The number of methoxy groups -OCH3 is 1. The molecule has 1 aliphatic heterocycles. The summed E-state index contributed by atoms with van der Waals surface area (Å²) in [5.41, 5.74) is 6.79. The Morgan fingerprint density at radius 1 is 1.55 bits per heavy atom. The first kappa shape index (κ1) is 13.4. The van der Waals surface area contributed by atoms with Crippen LogP contribution in [0.25, 0.3) is 0 Å². The van der Waals surface area contributed by atoms with E-state index in [1.165, 1.54) is 11.3 Å². The first-order valence-corrected chi connectivity index (χ1v) is 7.59. The maximum Gasteiger partial charge on any atom is 0.226 e. The second-order valence-corrected chi connectivity index (χ2v) is 6.38. The Morgan fingerprint density at radius 2 is 2.35 bits per heavy atom. The molecule has 1 aliphatic rings. The molecule has 0 radical (unpaired) electrons. The van der Waals surface area contributed by atoms with E-state index in [1.807, 2.05) is 18.2 Å². The van der Waals surface area contributed by atoms with Crippen molar-refractivity contribution in [2.24, 2.45) is 0 Å². The molecule has 3 rings (SSSR count). The fourth-order valence-electron chi connectivity index (χ4n) is 2.30.